The van der Waals surface area contributed by atoms with Crippen molar-refractivity contribution in [2.24, 2.45) is 11.3 Å². The van der Waals surface area contributed by atoms with E-state index in [2.05, 4.69) is 10.6 Å². The number of anilines is 1. The summed E-state index contributed by atoms with van der Waals surface area (Å²) in [5.74, 6) is -0.337. The van der Waals surface area contributed by atoms with Crippen molar-refractivity contribution in [3.8, 4) is 0 Å². The number of piperidine rings is 1. The van der Waals surface area contributed by atoms with Crippen LogP contribution in [-0.4, -0.2) is 31.2 Å². The summed E-state index contributed by atoms with van der Waals surface area (Å²) in [5, 5.41) is 6.60. The van der Waals surface area contributed by atoms with E-state index in [4.69, 9.17) is 11.6 Å². The van der Waals surface area contributed by atoms with E-state index in [1.807, 2.05) is 0 Å². The Hall–Kier alpha value is -0.560. The molecule has 1 aromatic rings. The average Bonchev–Trinajstić information content (AvgIpc) is 3.20. The van der Waals surface area contributed by atoms with Gasteiger partial charge in [0.25, 0.3) is 0 Å². The third kappa shape index (κ3) is 4.34. The number of halogens is 4. The topological polar surface area (TPSA) is 41.1 Å². The van der Waals surface area contributed by atoms with Gasteiger partial charge in [0.2, 0.25) is 12.3 Å². The van der Waals surface area contributed by atoms with E-state index < -0.39 is 6.43 Å². The Kier molecular flexibility index (Phi) is 6.76. The van der Waals surface area contributed by atoms with Gasteiger partial charge in [0.15, 0.2) is 0 Å². The Labute approximate surface area is 155 Å². The maximum Gasteiger partial charge on any atom is 0.247 e. The monoisotopic (exact) mass is 396 g/mol. The second kappa shape index (κ2) is 8.21. The molecule has 0 bridgehead atoms. The van der Waals surface area contributed by atoms with Gasteiger partial charge in [0.05, 0.1) is 16.5 Å². The van der Waals surface area contributed by atoms with Crippen LogP contribution in [0.3, 0.4) is 0 Å². The Morgan fingerprint density at radius 1 is 1.42 bits per heavy atom. The van der Waals surface area contributed by atoms with E-state index in [9.17, 15) is 13.6 Å². The molecule has 1 spiro atoms. The van der Waals surface area contributed by atoms with Crippen molar-refractivity contribution in [3.63, 3.8) is 0 Å². The molecule has 1 atom stereocenters. The van der Waals surface area contributed by atoms with E-state index in [-0.39, 0.29) is 35.4 Å². The van der Waals surface area contributed by atoms with Crippen molar-refractivity contribution < 1.29 is 13.6 Å². The summed E-state index contributed by atoms with van der Waals surface area (Å²) in [7, 11) is 0. The summed E-state index contributed by atoms with van der Waals surface area (Å²) >= 11 is 7.08. The molecular formula is C16H20Cl2F2N2OS. The Morgan fingerprint density at radius 3 is 2.79 bits per heavy atom. The second-order valence-corrected chi connectivity index (χ2v) is 7.61. The number of hydrogen-bond donors (Lipinski definition) is 2. The summed E-state index contributed by atoms with van der Waals surface area (Å²) in [4.78, 5) is 13.0. The molecule has 8 heteroatoms. The summed E-state index contributed by atoms with van der Waals surface area (Å²) < 4.78 is 24.9. The predicted molar refractivity (Wildman–Crippen MR) is 96.7 cm³/mol. The molecule has 1 unspecified atom stereocenters. The lowest BCUT2D eigenvalue weighted by molar-refractivity contribution is -0.118. The molecule has 1 amide bonds. The van der Waals surface area contributed by atoms with E-state index in [1.54, 1.807) is 18.2 Å². The fraction of sp³-hybridized carbons (Fsp3) is 0.562. The number of carbonyl (C=O) groups is 1. The highest BCUT2D eigenvalue weighted by molar-refractivity contribution is 7.99. The number of thioether (sulfide) groups is 1. The Balaban J connectivity index is 0.00000208. The van der Waals surface area contributed by atoms with Crippen molar-refractivity contribution >= 4 is 47.4 Å². The minimum Gasteiger partial charge on any atom is -0.325 e. The van der Waals surface area contributed by atoms with Gasteiger partial charge in [-0.1, -0.05) is 17.7 Å². The number of benzene rings is 1. The lowest BCUT2D eigenvalue weighted by Crippen LogP contribution is -2.31. The molecule has 0 aromatic heterocycles. The molecule has 2 fully saturated rings. The number of amides is 1. The quantitative estimate of drug-likeness (QED) is 0.722. The Bertz CT molecular complexity index is 597. The molecule has 3 nitrogen and oxygen atoms in total. The smallest absolute Gasteiger partial charge is 0.247 e. The van der Waals surface area contributed by atoms with E-state index in [1.165, 1.54) is 0 Å². The second-order valence-electron chi connectivity index (χ2n) is 6.18. The van der Waals surface area contributed by atoms with Crippen LogP contribution in [0.15, 0.2) is 23.1 Å². The number of rotatable bonds is 5. The Morgan fingerprint density at radius 2 is 2.12 bits per heavy atom. The third-order valence-corrected chi connectivity index (χ3v) is 6.26. The van der Waals surface area contributed by atoms with Gasteiger partial charge in [-0.15, -0.1) is 24.2 Å². The molecule has 1 saturated heterocycles. The molecule has 2 aliphatic rings. The number of hydrogen-bond acceptors (Lipinski definition) is 3. The molecule has 1 heterocycles. The first-order valence-electron chi connectivity index (χ1n) is 7.73. The van der Waals surface area contributed by atoms with Crippen LogP contribution in [0, 0.1) is 11.3 Å². The summed E-state index contributed by atoms with van der Waals surface area (Å²) in [6, 6.07) is 5.09. The SMILES string of the molecule is Cl.O=C(Nc1cccc(Cl)c1SCC(F)F)C1CC12CCNCC2. The van der Waals surface area contributed by atoms with Gasteiger partial charge in [-0.3, -0.25) is 4.79 Å². The molecule has 1 saturated carbocycles. The van der Waals surface area contributed by atoms with Crippen LogP contribution in [0.5, 0.6) is 0 Å². The highest BCUT2D eigenvalue weighted by Crippen LogP contribution is 2.59. The molecule has 1 aliphatic carbocycles. The van der Waals surface area contributed by atoms with Gasteiger partial charge < -0.3 is 10.6 Å². The van der Waals surface area contributed by atoms with Crippen LogP contribution < -0.4 is 10.6 Å². The van der Waals surface area contributed by atoms with Crippen LogP contribution >= 0.6 is 35.8 Å². The van der Waals surface area contributed by atoms with Gasteiger partial charge >= 0.3 is 0 Å². The molecule has 1 aliphatic heterocycles. The van der Waals surface area contributed by atoms with Gasteiger partial charge in [0, 0.05) is 10.8 Å². The zero-order chi connectivity index (χ0) is 16.4. The van der Waals surface area contributed by atoms with Crippen molar-refractivity contribution in [1.29, 1.82) is 0 Å². The van der Waals surface area contributed by atoms with Crippen LogP contribution in [0.4, 0.5) is 14.5 Å². The number of nitrogens with one attached hydrogen (secondary N) is 2. The van der Waals surface area contributed by atoms with Crippen molar-refractivity contribution in [3.05, 3.63) is 23.2 Å². The maximum absolute atomic E-state index is 12.5. The number of carbonyl (C=O) groups excluding carboxylic acids is 1. The molecule has 24 heavy (non-hydrogen) atoms. The van der Waals surface area contributed by atoms with Crippen LogP contribution in [0.2, 0.25) is 5.02 Å². The van der Waals surface area contributed by atoms with Crippen LogP contribution in [0.1, 0.15) is 19.3 Å². The van der Waals surface area contributed by atoms with Gasteiger partial charge in [-0.2, -0.15) is 0 Å². The van der Waals surface area contributed by atoms with Gasteiger partial charge in [-0.25, -0.2) is 8.78 Å². The van der Waals surface area contributed by atoms with Crippen molar-refractivity contribution in [2.75, 3.05) is 24.2 Å². The molecular weight excluding hydrogens is 377 g/mol. The van der Waals surface area contributed by atoms with Crippen LogP contribution in [-0.2, 0) is 4.79 Å². The minimum atomic E-state index is -2.42. The first-order chi connectivity index (χ1) is 11.0. The van der Waals surface area contributed by atoms with E-state index in [0.29, 0.717) is 15.6 Å². The van der Waals surface area contributed by atoms with Crippen LogP contribution in [0.25, 0.3) is 0 Å². The number of alkyl halides is 2. The zero-order valence-corrected chi connectivity index (χ0v) is 15.4. The van der Waals surface area contributed by atoms with Crippen molar-refractivity contribution in [2.45, 2.75) is 30.6 Å². The first kappa shape index (κ1) is 19.8. The summed E-state index contributed by atoms with van der Waals surface area (Å²) in [6.45, 7) is 1.91. The highest BCUT2D eigenvalue weighted by Gasteiger charge is 2.57. The molecule has 2 N–H and O–H groups in total. The predicted octanol–water partition coefficient (Wildman–Crippen LogP) is 4.45. The van der Waals surface area contributed by atoms with E-state index in [0.717, 1.165) is 44.1 Å². The lowest BCUT2D eigenvalue weighted by atomic mass is 9.92. The zero-order valence-electron chi connectivity index (χ0n) is 13.0. The minimum absolute atomic E-state index is 0. The maximum atomic E-state index is 12.5. The van der Waals surface area contributed by atoms with Gasteiger partial charge in [0.1, 0.15) is 0 Å². The fourth-order valence-corrected chi connectivity index (χ4v) is 4.43. The third-order valence-electron chi connectivity index (χ3n) is 4.68. The molecule has 1 aromatic carbocycles. The first-order valence-corrected chi connectivity index (χ1v) is 9.09. The normalized spacial score (nSPS) is 21.4. The largest absolute Gasteiger partial charge is 0.325 e. The molecule has 3 rings (SSSR count). The molecule has 134 valence electrons. The lowest BCUT2D eigenvalue weighted by Gasteiger charge is -2.23. The molecule has 0 radical (unpaired) electrons. The fourth-order valence-electron chi connectivity index (χ4n) is 3.32. The highest BCUT2D eigenvalue weighted by atomic mass is 35.5. The van der Waals surface area contributed by atoms with E-state index >= 15 is 0 Å². The average molecular weight is 397 g/mol. The van der Waals surface area contributed by atoms with Crippen molar-refractivity contribution in [1.82, 2.24) is 5.32 Å². The standard InChI is InChI=1S/C16H19ClF2N2OS.ClH/c17-11-2-1-3-12(14(11)23-9-13(18)19)21-15(22)10-8-16(10)4-6-20-7-5-16;/h1-3,10,13,20H,4-9H2,(H,21,22);1H. The summed E-state index contributed by atoms with van der Waals surface area (Å²) in [5.41, 5.74) is 0.675. The summed E-state index contributed by atoms with van der Waals surface area (Å²) in [6.07, 6.45) is 0.545. The van der Waals surface area contributed by atoms with Gasteiger partial charge in [-0.05, 0) is 49.9 Å².